The first kappa shape index (κ1) is 16.7. The number of hydrogen-bond donors (Lipinski definition) is 2. The van der Waals surface area contributed by atoms with Gasteiger partial charge in [-0.3, -0.25) is 4.79 Å². The van der Waals surface area contributed by atoms with Crippen LogP contribution in [0.25, 0.3) is 0 Å². The lowest BCUT2D eigenvalue weighted by molar-refractivity contribution is -0.121. The maximum Gasteiger partial charge on any atom is 0.230 e. The Hall–Kier alpha value is -0.710. The Balaban J connectivity index is 1.86. The lowest BCUT2D eigenvalue weighted by Crippen LogP contribution is -2.54. The lowest BCUT2D eigenvalue weighted by atomic mass is 9.77. The number of aliphatic hydroxyl groups is 1. The van der Waals surface area contributed by atoms with Gasteiger partial charge in [0.2, 0.25) is 5.91 Å². The number of carbonyl (C=O) groups is 1. The summed E-state index contributed by atoms with van der Waals surface area (Å²) in [5, 5.41) is 13.4. The number of benzene rings is 1. The minimum atomic E-state index is -0.421. The van der Waals surface area contributed by atoms with Crippen LogP contribution in [0.15, 0.2) is 29.2 Å². The first-order valence-corrected chi connectivity index (χ1v) is 8.70. The molecule has 1 amide bonds. The normalized spacial score (nSPS) is 25.6. The Morgan fingerprint density at radius 1 is 1.48 bits per heavy atom. The summed E-state index contributed by atoms with van der Waals surface area (Å²) in [5.41, 5.74) is -0.421. The van der Waals surface area contributed by atoms with Crippen molar-refractivity contribution in [1.82, 2.24) is 5.32 Å². The highest BCUT2D eigenvalue weighted by molar-refractivity contribution is 8.00. The molecule has 1 aromatic rings. The van der Waals surface area contributed by atoms with Crippen LogP contribution in [0.2, 0.25) is 5.02 Å². The van der Waals surface area contributed by atoms with E-state index in [1.165, 1.54) is 18.2 Å². The lowest BCUT2D eigenvalue weighted by Gasteiger charge is -2.39. The second-order valence-electron chi connectivity index (χ2n) is 5.93. The first-order valence-electron chi connectivity index (χ1n) is 7.33. The van der Waals surface area contributed by atoms with Gasteiger partial charge in [0.25, 0.3) is 0 Å². The van der Waals surface area contributed by atoms with Crippen LogP contribution in [0, 0.1) is 5.92 Å². The molecule has 116 valence electrons. The Bertz CT molecular complexity index is 480. The third kappa shape index (κ3) is 4.90. The molecule has 2 unspecified atom stereocenters. The van der Waals surface area contributed by atoms with Crippen LogP contribution in [0.5, 0.6) is 0 Å². The van der Waals surface area contributed by atoms with Gasteiger partial charge in [-0.15, -0.1) is 11.8 Å². The Morgan fingerprint density at radius 3 is 2.81 bits per heavy atom. The fourth-order valence-electron chi connectivity index (χ4n) is 2.97. The van der Waals surface area contributed by atoms with Crippen molar-refractivity contribution >= 4 is 29.3 Å². The molecule has 2 N–H and O–H groups in total. The summed E-state index contributed by atoms with van der Waals surface area (Å²) in [6, 6.07) is 7.45. The number of rotatable bonds is 5. The van der Waals surface area contributed by atoms with Crippen LogP contribution in [0.1, 0.15) is 32.6 Å². The molecule has 3 nitrogen and oxygen atoms in total. The maximum atomic E-state index is 12.2. The molecular formula is C16H22ClNO2S. The summed E-state index contributed by atoms with van der Waals surface area (Å²) >= 11 is 7.32. The zero-order valence-corrected chi connectivity index (χ0v) is 13.8. The fourth-order valence-corrected chi connectivity index (χ4v) is 3.79. The largest absolute Gasteiger partial charge is 0.394 e. The number of thioether (sulfide) groups is 1. The summed E-state index contributed by atoms with van der Waals surface area (Å²) in [4.78, 5) is 13.2. The van der Waals surface area contributed by atoms with E-state index in [9.17, 15) is 9.90 Å². The predicted octanol–water partition coefficient (Wildman–Crippen LogP) is 3.49. The predicted molar refractivity (Wildman–Crippen MR) is 87.8 cm³/mol. The summed E-state index contributed by atoms with van der Waals surface area (Å²) in [6.07, 6.45) is 3.97. The molecule has 21 heavy (non-hydrogen) atoms. The zero-order chi connectivity index (χ0) is 15.3. The SMILES string of the molecule is CC1CCCC(CO)(NC(=O)CSc2ccc(Cl)cc2)C1. The van der Waals surface area contributed by atoms with E-state index in [2.05, 4.69) is 12.2 Å². The van der Waals surface area contributed by atoms with E-state index in [0.29, 0.717) is 16.7 Å². The molecule has 1 saturated carbocycles. The van der Waals surface area contributed by atoms with Gasteiger partial charge in [0, 0.05) is 9.92 Å². The summed E-state index contributed by atoms with van der Waals surface area (Å²) < 4.78 is 0. The molecule has 1 aromatic carbocycles. The number of nitrogens with one attached hydrogen (secondary N) is 1. The van der Waals surface area contributed by atoms with Crippen molar-refractivity contribution in [2.24, 2.45) is 5.92 Å². The fraction of sp³-hybridized carbons (Fsp3) is 0.562. The van der Waals surface area contributed by atoms with Crippen LogP contribution in [-0.4, -0.2) is 28.9 Å². The van der Waals surface area contributed by atoms with E-state index < -0.39 is 5.54 Å². The summed E-state index contributed by atoms with van der Waals surface area (Å²) in [5.74, 6) is 0.894. The Morgan fingerprint density at radius 2 is 2.19 bits per heavy atom. The molecule has 2 rings (SSSR count). The minimum Gasteiger partial charge on any atom is -0.394 e. The molecule has 1 aliphatic rings. The van der Waals surface area contributed by atoms with Gasteiger partial charge < -0.3 is 10.4 Å². The molecule has 0 spiro atoms. The number of carbonyl (C=O) groups excluding carboxylic acids is 1. The number of halogens is 1. The molecular weight excluding hydrogens is 306 g/mol. The molecule has 0 radical (unpaired) electrons. The second kappa shape index (κ2) is 7.52. The van der Waals surface area contributed by atoms with Gasteiger partial charge in [0.15, 0.2) is 0 Å². The quantitative estimate of drug-likeness (QED) is 0.814. The third-order valence-corrected chi connectivity index (χ3v) is 5.25. The smallest absolute Gasteiger partial charge is 0.230 e. The molecule has 0 aliphatic heterocycles. The monoisotopic (exact) mass is 327 g/mol. The van der Waals surface area contributed by atoms with Gasteiger partial charge in [0.1, 0.15) is 0 Å². The highest BCUT2D eigenvalue weighted by Gasteiger charge is 2.35. The van der Waals surface area contributed by atoms with Crippen LogP contribution >= 0.6 is 23.4 Å². The van der Waals surface area contributed by atoms with Gasteiger partial charge in [0.05, 0.1) is 17.9 Å². The first-order chi connectivity index (χ1) is 10.0. The number of hydrogen-bond acceptors (Lipinski definition) is 3. The summed E-state index contributed by atoms with van der Waals surface area (Å²) in [7, 11) is 0. The van der Waals surface area contributed by atoms with Crippen molar-refractivity contribution in [3.05, 3.63) is 29.3 Å². The third-order valence-electron chi connectivity index (χ3n) is 3.98. The molecule has 2 atom stereocenters. The number of amides is 1. The van der Waals surface area contributed by atoms with Crippen molar-refractivity contribution in [2.75, 3.05) is 12.4 Å². The standard InChI is InChI=1S/C16H22ClNO2S/c1-12-3-2-8-16(9-12,11-19)18-15(20)10-21-14-6-4-13(17)5-7-14/h4-7,12,19H,2-3,8-11H2,1H3,(H,18,20). The number of aliphatic hydroxyl groups excluding tert-OH is 1. The van der Waals surface area contributed by atoms with Crippen molar-refractivity contribution in [3.8, 4) is 0 Å². The highest BCUT2D eigenvalue weighted by atomic mass is 35.5. The molecule has 1 aliphatic carbocycles. The van der Waals surface area contributed by atoms with Crippen LogP contribution < -0.4 is 5.32 Å². The van der Waals surface area contributed by atoms with Crippen molar-refractivity contribution < 1.29 is 9.90 Å². The van der Waals surface area contributed by atoms with Crippen molar-refractivity contribution in [1.29, 1.82) is 0 Å². The second-order valence-corrected chi connectivity index (χ2v) is 7.42. The van der Waals surface area contributed by atoms with Crippen molar-refractivity contribution in [2.45, 2.75) is 43.0 Å². The molecule has 0 saturated heterocycles. The van der Waals surface area contributed by atoms with E-state index in [1.807, 2.05) is 24.3 Å². The average Bonchev–Trinajstić information content (AvgIpc) is 2.46. The van der Waals surface area contributed by atoms with Crippen LogP contribution in [-0.2, 0) is 4.79 Å². The minimum absolute atomic E-state index is 0.0156. The van der Waals surface area contributed by atoms with E-state index in [1.54, 1.807) is 0 Å². The highest BCUT2D eigenvalue weighted by Crippen LogP contribution is 2.32. The van der Waals surface area contributed by atoms with Gasteiger partial charge in [-0.1, -0.05) is 31.4 Å². The molecule has 5 heteroatoms. The molecule has 1 fully saturated rings. The van der Waals surface area contributed by atoms with Gasteiger partial charge in [-0.25, -0.2) is 0 Å². The van der Waals surface area contributed by atoms with E-state index in [4.69, 9.17) is 11.6 Å². The van der Waals surface area contributed by atoms with E-state index in [-0.39, 0.29) is 12.5 Å². The maximum absolute atomic E-state index is 12.2. The zero-order valence-electron chi connectivity index (χ0n) is 12.3. The van der Waals surface area contributed by atoms with Gasteiger partial charge >= 0.3 is 0 Å². The van der Waals surface area contributed by atoms with E-state index >= 15 is 0 Å². The van der Waals surface area contributed by atoms with Crippen LogP contribution in [0.4, 0.5) is 0 Å². The average molecular weight is 328 g/mol. The van der Waals surface area contributed by atoms with Crippen molar-refractivity contribution in [3.63, 3.8) is 0 Å². The molecule has 0 heterocycles. The Kier molecular flexibility index (Phi) is 5.97. The van der Waals surface area contributed by atoms with Gasteiger partial charge in [-0.2, -0.15) is 0 Å². The van der Waals surface area contributed by atoms with E-state index in [0.717, 1.165) is 24.2 Å². The van der Waals surface area contributed by atoms with Gasteiger partial charge in [-0.05, 0) is 43.0 Å². The summed E-state index contributed by atoms with van der Waals surface area (Å²) in [6.45, 7) is 2.20. The van der Waals surface area contributed by atoms with Crippen LogP contribution in [0.3, 0.4) is 0 Å². The Labute approximate surface area is 135 Å². The molecule has 0 bridgehead atoms. The topological polar surface area (TPSA) is 49.3 Å². The molecule has 0 aromatic heterocycles.